The molecule has 1 rings (SSSR count). The van der Waals surface area contributed by atoms with Crippen LogP contribution in [0.4, 0.5) is 8.78 Å². The molecule has 0 saturated heterocycles. The van der Waals surface area contributed by atoms with Crippen LogP contribution in [0.3, 0.4) is 0 Å². The fourth-order valence-electron chi connectivity index (χ4n) is 0.855. The van der Waals surface area contributed by atoms with Crippen molar-refractivity contribution in [3.8, 4) is 5.75 Å². The Balaban J connectivity index is 0.000000671. The Morgan fingerprint density at radius 3 is 2.15 bits per heavy atom. The van der Waals surface area contributed by atoms with Gasteiger partial charge >= 0.3 is 0 Å². The number of benzene rings is 1. The molecule has 0 bridgehead atoms. The summed E-state index contributed by atoms with van der Waals surface area (Å²) in [5.41, 5.74) is 0.201. The van der Waals surface area contributed by atoms with Gasteiger partial charge in [-0.05, 0) is 19.1 Å². The van der Waals surface area contributed by atoms with E-state index in [1.54, 1.807) is 0 Å². The van der Waals surface area contributed by atoms with Gasteiger partial charge in [-0.3, -0.25) is 0 Å². The van der Waals surface area contributed by atoms with Crippen molar-refractivity contribution < 1.29 is 13.5 Å². The Labute approximate surface area is 77.3 Å². The van der Waals surface area contributed by atoms with Gasteiger partial charge in [0, 0.05) is 5.56 Å². The quantitative estimate of drug-likeness (QED) is 0.657. The monoisotopic (exact) mass is 188 g/mol. The summed E-state index contributed by atoms with van der Waals surface area (Å²) in [6.45, 7) is 5.47. The Morgan fingerprint density at radius 1 is 1.15 bits per heavy atom. The summed E-state index contributed by atoms with van der Waals surface area (Å²) in [4.78, 5) is 0. The smallest absolute Gasteiger partial charge is 0.165 e. The molecule has 0 aliphatic heterocycles. The van der Waals surface area contributed by atoms with Crippen LogP contribution in [0.5, 0.6) is 5.75 Å². The Hall–Kier alpha value is -1.12. The van der Waals surface area contributed by atoms with Gasteiger partial charge in [-0.15, -0.1) is 0 Å². The molecule has 1 aromatic carbocycles. The second-order valence-electron chi connectivity index (χ2n) is 2.19. The van der Waals surface area contributed by atoms with Gasteiger partial charge < -0.3 is 4.74 Å². The number of rotatable bonds is 1. The highest BCUT2D eigenvalue weighted by Gasteiger charge is 2.08. The van der Waals surface area contributed by atoms with Crippen molar-refractivity contribution in [3.63, 3.8) is 0 Å². The maximum absolute atomic E-state index is 12.7. The first-order valence-electron chi connectivity index (χ1n) is 4.15. The molecule has 0 spiro atoms. The standard InChI is InChI=1S/C8H8F2O.C2H6/c1-5-7(11-2)4-3-6(9)8(5)10;1-2/h3-4H,1-2H3;1-2H3. The zero-order chi connectivity index (χ0) is 10.4. The number of halogens is 2. The highest BCUT2D eigenvalue weighted by Crippen LogP contribution is 2.21. The van der Waals surface area contributed by atoms with E-state index in [-0.39, 0.29) is 5.56 Å². The van der Waals surface area contributed by atoms with Crippen LogP contribution >= 0.6 is 0 Å². The van der Waals surface area contributed by atoms with E-state index in [0.29, 0.717) is 5.75 Å². The number of hydrogen-bond acceptors (Lipinski definition) is 1. The molecule has 3 heteroatoms. The van der Waals surface area contributed by atoms with E-state index in [0.717, 1.165) is 6.07 Å². The van der Waals surface area contributed by atoms with Crippen molar-refractivity contribution in [2.45, 2.75) is 20.8 Å². The maximum atomic E-state index is 12.7. The van der Waals surface area contributed by atoms with Crippen LogP contribution < -0.4 is 4.74 Å². The molecular weight excluding hydrogens is 174 g/mol. The fraction of sp³-hybridized carbons (Fsp3) is 0.400. The largest absolute Gasteiger partial charge is 0.496 e. The summed E-state index contributed by atoms with van der Waals surface area (Å²) in [5, 5.41) is 0. The van der Waals surface area contributed by atoms with Gasteiger partial charge in [-0.2, -0.15) is 0 Å². The lowest BCUT2D eigenvalue weighted by Gasteiger charge is -2.04. The fourth-order valence-corrected chi connectivity index (χ4v) is 0.855. The van der Waals surface area contributed by atoms with Crippen molar-refractivity contribution in [2.75, 3.05) is 7.11 Å². The minimum atomic E-state index is -0.844. The van der Waals surface area contributed by atoms with Crippen LogP contribution in [0.2, 0.25) is 0 Å². The lowest BCUT2D eigenvalue weighted by molar-refractivity contribution is 0.401. The summed E-state index contributed by atoms with van der Waals surface area (Å²) in [6.07, 6.45) is 0. The van der Waals surface area contributed by atoms with Crippen molar-refractivity contribution in [2.24, 2.45) is 0 Å². The average Bonchev–Trinajstić information content (AvgIpc) is 2.18. The van der Waals surface area contributed by atoms with Crippen LogP contribution in [-0.2, 0) is 0 Å². The molecule has 0 heterocycles. The zero-order valence-electron chi connectivity index (χ0n) is 8.32. The van der Waals surface area contributed by atoms with Gasteiger partial charge in [-0.1, -0.05) is 13.8 Å². The molecule has 1 nitrogen and oxygen atoms in total. The first-order chi connectivity index (χ1) is 6.16. The number of hydrogen-bond donors (Lipinski definition) is 0. The molecule has 0 aliphatic carbocycles. The second-order valence-corrected chi connectivity index (χ2v) is 2.19. The van der Waals surface area contributed by atoms with Crippen LogP contribution in [0, 0.1) is 18.6 Å². The van der Waals surface area contributed by atoms with Crippen molar-refractivity contribution >= 4 is 0 Å². The van der Waals surface area contributed by atoms with Crippen molar-refractivity contribution in [1.82, 2.24) is 0 Å². The van der Waals surface area contributed by atoms with Gasteiger partial charge in [0.2, 0.25) is 0 Å². The average molecular weight is 188 g/mol. The third-order valence-electron chi connectivity index (χ3n) is 1.51. The first-order valence-corrected chi connectivity index (χ1v) is 4.15. The topological polar surface area (TPSA) is 9.23 Å². The van der Waals surface area contributed by atoms with Crippen molar-refractivity contribution in [3.05, 3.63) is 29.3 Å². The van der Waals surface area contributed by atoms with Gasteiger partial charge in [0.25, 0.3) is 0 Å². The highest BCUT2D eigenvalue weighted by atomic mass is 19.2. The summed E-state index contributed by atoms with van der Waals surface area (Å²) >= 11 is 0. The second kappa shape index (κ2) is 5.51. The van der Waals surface area contributed by atoms with E-state index in [9.17, 15) is 8.78 Å². The molecule has 0 saturated carbocycles. The van der Waals surface area contributed by atoms with E-state index >= 15 is 0 Å². The van der Waals surface area contributed by atoms with E-state index in [1.807, 2.05) is 13.8 Å². The molecule has 0 atom stereocenters. The highest BCUT2D eigenvalue weighted by molar-refractivity contribution is 5.33. The van der Waals surface area contributed by atoms with Gasteiger partial charge in [0.1, 0.15) is 5.75 Å². The SMILES string of the molecule is CC.COc1ccc(F)c(F)c1C. The molecule has 0 fully saturated rings. The Kier molecular flexibility index (Phi) is 5.04. The molecule has 0 aliphatic rings. The minimum Gasteiger partial charge on any atom is -0.496 e. The Morgan fingerprint density at radius 2 is 1.69 bits per heavy atom. The van der Waals surface area contributed by atoms with E-state index in [1.165, 1.54) is 20.1 Å². The molecule has 0 N–H and O–H groups in total. The van der Waals surface area contributed by atoms with Crippen LogP contribution in [-0.4, -0.2) is 7.11 Å². The minimum absolute atomic E-state index is 0.201. The molecular formula is C10H14F2O. The third kappa shape index (κ3) is 2.68. The predicted molar refractivity (Wildman–Crippen MR) is 49.0 cm³/mol. The molecule has 13 heavy (non-hydrogen) atoms. The van der Waals surface area contributed by atoms with Crippen molar-refractivity contribution in [1.29, 1.82) is 0 Å². The third-order valence-corrected chi connectivity index (χ3v) is 1.51. The molecule has 1 aromatic rings. The molecule has 0 aromatic heterocycles. The van der Waals surface area contributed by atoms with Gasteiger partial charge in [0.05, 0.1) is 7.11 Å². The normalized spacial score (nSPS) is 8.77. The van der Waals surface area contributed by atoms with E-state index in [2.05, 4.69) is 0 Å². The number of methoxy groups -OCH3 is 1. The van der Waals surface area contributed by atoms with Gasteiger partial charge in [-0.25, -0.2) is 8.78 Å². The molecule has 0 amide bonds. The van der Waals surface area contributed by atoms with Crippen LogP contribution in [0.1, 0.15) is 19.4 Å². The van der Waals surface area contributed by atoms with E-state index in [4.69, 9.17) is 4.74 Å². The summed E-state index contributed by atoms with van der Waals surface area (Å²) < 4.78 is 30.0. The van der Waals surface area contributed by atoms with Gasteiger partial charge in [0.15, 0.2) is 11.6 Å². The summed E-state index contributed by atoms with van der Waals surface area (Å²) in [7, 11) is 1.42. The lowest BCUT2D eigenvalue weighted by atomic mass is 10.2. The molecule has 74 valence electrons. The summed E-state index contributed by atoms with van der Waals surface area (Å²) in [6, 6.07) is 2.44. The summed E-state index contributed by atoms with van der Waals surface area (Å²) in [5.74, 6) is -1.32. The Bertz CT molecular complexity index is 272. The predicted octanol–water partition coefficient (Wildman–Crippen LogP) is 3.31. The number of ether oxygens (including phenoxy) is 1. The van der Waals surface area contributed by atoms with Crippen LogP contribution in [0.15, 0.2) is 12.1 Å². The molecule has 0 unspecified atom stereocenters. The van der Waals surface area contributed by atoms with E-state index < -0.39 is 11.6 Å². The first kappa shape index (κ1) is 11.9. The lowest BCUT2D eigenvalue weighted by Crippen LogP contribution is -1.93. The zero-order valence-corrected chi connectivity index (χ0v) is 8.32. The van der Waals surface area contributed by atoms with Crippen LogP contribution in [0.25, 0.3) is 0 Å². The maximum Gasteiger partial charge on any atom is 0.165 e. The molecule has 0 radical (unpaired) electrons.